The van der Waals surface area contributed by atoms with Crippen molar-refractivity contribution in [3.8, 4) is 0 Å². The lowest BCUT2D eigenvalue weighted by atomic mass is 10.1. The summed E-state index contributed by atoms with van der Waals surface area (Å²) in [7, 11) is 0. The Morgan fingerprint density at radius 1 is 1.12 bits per heavy atom. The summed E-state index contributed by atoms with van der Waals surface area (Å²) in [6.45, 7) is 7.43. The average molecular weight is 216 g/mol. The van der Waals surface area contributed by atoms with Crippen LogP contribution in [-0.4, -0.2) is 42.4 Å². The Morgan fingerprint density at radius 3 is 2.31 bits per heavy atom. The molecule has 1 amide bonds. The number of hydrogen-bond acceptors (Lipinski definition) is 2. The molecule has 16 heavy (non-hydrogen) atoms. The van der Waals surface area contributed by atoms with Crippen molar-refractivity contribution >= 4 is 12.1 Å². The number of nitrogens with zero attached hydrogens (tertiary/aromatic N) is 2. The molecule has 1 fully saturated rings. The van der Waals surface area contributed by atoms with Gasteiger partial charge in [0.05, 0.1) is 0 Å². The van der Waals surface area contributed by atoms with Gasteiger partial charge in [0.15, 0.2) is 0 Å². The second-order valence-corrected chi connectivity index (χ2v) is 3.94. The minimum Gasteiger partial charge on any atom is -0.368 e. The Kier molecular flexibility index (Phi) is 3.25. The first-order valence-corrected chi connectivity index (χ1v) is 5.50. The van der Waals surface area contributed by atoms with Gasteiger partial charge in [-0.25, -0.2) is 0 Å². The summed E-state index contributed by atoms with van der Waals surface area (Å²) in [4.78, 5) is 14.6. The number of benzene rings is 1. The second kappa shape index (κ2) is 4.84. The molecule has 1 heterocycles. The fraction of sp³-hybridized carbons (Fsp3) is 0.308. The lowest BCUT2D eigenvalue weighted by molar-refractivity contribution is -0.119. The molecule has 0 saturated carbocycles. The molecule has 0 aromatic heterocycles. The van der Waals surface area contributed by atoms with Crippen molar-refractivity contribution < 1.29 is 4.79 Å². The minimum atomic E-state index is 0.787. The molecule has 84 valence electrons. The highest BCUT2D eigenvalue weighted by Gasteiger charge is 2.16. The molecular formula is C13H16N2O. The molecule has 1 aliphatic rings. The summed E-state index contributed by atoms with van der Waals surface area (Å²) in [5.41, 5.74) is 2.20. The maximum Gasteiger partial charge on any atom is 0.209 e. The van der Waals surface area contributed by atoms with Gasteiger partial charge in [-0.05, 0) is 5.56 Å². The molecule has 0 aliphatic carbocycles. The van der Waals surface area contributed by atoms with E-state index in [1.165, 1.54) is 0 Å². The monoisotopic (exact) mass is 216 g/mol. The average Bonchev–Trinajstić information content (AvgIpc) is 2.39. The Morgan fingerprint density at radius 2 is 1.75 bits per heavy atom. The molecule has 0 N–H and O–H groups in total. The van der Waals surface area contributed by atoms with Crippen LogP contribution in [0.25, 0.3) is 5.70 Å². The number of piperazine rings is 1. The third kappa shape index (κ3) is 2.24. The van der Waals surface area contributed by atoms with E-state index in [-0.39, 0.29) is 0 Å². The zero-order chi connectivity index (χ0) is 11.4. The van der Waals surface area contributed by atoms with E-state index in [1.807, 2.05) is 18.2 Å². The van der Waals surface area contributed by atoms with Gasteiger partial charge in [0.25, 0.3) is 0 Å². The normalized spacial score (nSPS) is 16.0. The number of hydrogen-bond donors (Lipinski definition) is 0. The molecule has 0 spiro atoms. The van der Waals surface area contributed by atoms with Crippen LogP contribution in [0.2, 0.25) is 0 Å². The quantitative estimate of drug-likeness (QED) is 0.714. The molecule has 1 aliphatic heterocycles. The highest BCUT2D eigenvalue weighted by molar-refractivity contribution is 5.62. The zero-order valence-corrected chi connectivity index (χ0v) is 9.30. The van der Waals surface area contributed by atoms with Gasteiger partial charge in [0.2, 0.25) is 6.41 Å². The largest absolute Gasteiger partial charge is 0.368 e. The van der Waals surface area contributed by atoms with E-state index in [9.17, 15) is 4.79 Å². The lowest BCUT2D eigenvalue weighted by Gasteiger charge is -2.35. The molecule has 2 rings (SSSR count). The van der Waals surface area contributed by atoms with Crippen LogP contribution < -0.4 is 0 Å². The van der Waals surface area contributed by atoms with Crippen LogP contribution in [0.5, 0.6) is 0 Å². The Hall–Kier alpha value is -1.77. The third-order valence-corrected chi connectivity index (χ3v) is 2.95. The molecule has 0 atom stereocenters. The predicted octanol–water partition coefficient (Wildman–Crippen LogP) is 1.43. The predicted molar refractivity (Wildman–Crippen MR) is 64.7 cm³/mol. The molecule has 3 heteroatoms. The first-order valence-electron chi connectivity index (χ1n) is 5.50. The molecule has 1 aromatic rings. The van der Waals surface area contributed by atoms with Gasteiger partial charge in [0.1, 0.15) is 0 Å². The van der Waals surface area contributed by atoms with Gasteiger partial charge >= 0.3 is 0 Å². The van der Waals surface area contributed by atoms with Crippen LogP contribution in [0.4, 0.5) is 0 Å². The summed E-state index contributed by atoms with van der Waals surface area (Å²) in [5, 5.41) is 0. The topological polar surface area (TPSA) is 23.6 Å². The fourth-order valence-electron chi connectivity index (χ4n) is 1.91. The standard InChI is InChI=1S/C13H16N2O/c1-12(13-5-3-2-4-6-13)15-9-7-14(11-16)8-10-15/h2-6,11H,1,7-10H2. The summed E-state index contributed by atoms with van der Waals surface area (Å²) < 4.78 is 0. The summed E-state index contributed by atoms with van der Waals surface area (Å²) in [6.07, 6.45) is 0.919. The summed E-state index contributed by atoms with van der Waals surface area (Å²) in [6, 6.07) is 10.2. The number of rotatable bonds is 3. The smallest absolute Gasteiger partial charge is 0.209 e. The zero-order valence-electron chi connectivity index (χ0n) is 9.30. The number of amides is 1. The molecule has 0 bridgehead atoms. The van der Waals surface area contributed by atoms with Gasteiger partial charge in [0, 0.05) is 31.9 Å². The summed E-state index contributed by atoms with van der Waals surface area (Å²) >= 11 is 0. The number of carbonyl (C=O) groups is 1. The molecular weight excluding hydrogens is 200 g/mol. The van der Waals surface area contributed by atoms with E-state index in [4.69, 9.17) is 0 Å². The van der Waals surface area contributed by atoms with Crippen LogP contribution in [0.1, 0.15) is 5.56 Å². The number of carbonyl (C=O) groups excluding carboxylic acids is 1. The van der Waals surface area contributed by atoms with Crippen LogP contribution in [0.3, 0.4) is 0 Å². The van der Waals surface area contributed by atoms with Crippen molar-refractivity contribution in [1.29, 1.82) is 0 Å². The molecule has 0 unspecified atom stereocenters. The maximum absolute atomic E-state index is 10.6. The molecule has 1 saturated heterocycles. The second-order valence-electron chi connectivity index (χ2n) is 3.94. The van der Waals surface area contributed by atoms with Crippen LogP contribution >= 0.6 is 0 Å². The van der Waals surface area contributed by atoms with Crippen LogP contribution in [0, 0.1) is 0 Å². The lowest BCUT2D eigenvalue weighted by Crippen LogP contribution is -2.44. The van der Waals surface area contributed by atoms with E-state index in [0.29, 0.717) is 0 Å². The Labute approximate surface area is 96.0 Å². The van der Waals surface area contributed by atoms with Crippen LogP contribution in [-0.2, 0) is 4.79 Å². The minimum absolute atomic E-state index is 0.787. The van der Waals surface area contributed by atoms with E-state index in [2.05, 4.69) is 23.6 Å². The first kappa shape index (κ1) is 10.7. The Balaban J connectivity index is 1.99. The van der Waals surface area contributed by atoms with E-state index < -0.39 is 0 Å². The molecule has 1 aromatic carbocycles. The fourth-order valence-corrected chi connectivity index (χ4v) is 1.91. The Bertz CT molecular complexity index is 367. The molecule has 0 radical (unpaired) electrons. The van der Waals surface area contributed by atoms with Crippen molar-refractivity contribution in [2.45, 2.75) is 0 Å². The maximum atomic E-state index is 10.6. The van der Waals surface area contributed by atoms with Crippen LogP contribution in [0.15, 0.2) is 36.9 Å². The van der Waals surface area contributed by atoms with E-state index in [1.54, 1.807) is 4.90 Å². The van der Waals surface area contributed by atoms with Crippen molar-refractivity contribution in [3.63, 3.8) is 0 Å². The summed E-state index contributed by atoms with van der Waals surface area (Å²) in [5.74, 6) is 0. The van der Waals surface area contributed by atoms with E-state index >= 15 is 0 Å². The van der Waals surface area contributed by atoms with E-state index in [0.717, 1.165) is 43.8 Å². The third-order valence-electron chi connectivity index (χ3n) is 2.95. The van der Waals surface area contributed by atoms with Crippen molar-refractivity contribution in [1.82, 2.24) is 9.80 Å². The molecule has 3 nitrogen and oxygen atoms in total. The van der Waals surface area contributed by atoms with Crippen molar-refractivity contribution in [2.75, 3.05) is 26.2 Å². The van der Waals surface area contributed by atoms with Crippen molar-refractivity contribution in [2.24, 2.45) is 0 Å². The van der Waals surface area contributed by atoms with Gasteiger partial charge in [-0.3, -0.25) is 4.79 Å². The van der Waals surface area contributed by atoms with Gasteiger partial charge in [-0.15, -0.1) is 0 Å². The highest BCUT2D eigenvalue weighted by atomic mass is 16.1. The highest BCUT2D eigenvalue weighted by Crippen LogP contribution is 2.18. The van der Waals surface area contributed by atoms with Crippen molar-refractivity contribution in [3.05, 3.63) is 42.5 Å². The first-order chi connectivity index (χ1) is 7.81. The van der Waals surface area contributed by atoms with Gasteiger partial charge < -0.3 is 9.80 Å². The van der Waals surface area contributed by atoms with Gasteiger partial charge in [-0.1, -0.05) is 36.9 Å². The van der Waals surface area contributed by atoms with Gasteiger partial charge in [-0.2, -0.15) is 0 Å². The SMILES string of the molecule is C=C(c1ccccc1)N1CCN(C=O)CC1.